The van der Waals surface area contributed by atoms with Gasteiger partial charge < -0.3 is 94.5 Å². The van der Waals surface area contributed by atoms with Crippen molar-refractivity contribution in [3.05, 3.63) is 313 Å². The monoisotopic (exact) mass is 1930 g/mol. The van der Waals surface area contributed by atoms with Crippen LogP contribution in [0.25, 0.3) is 133 Å². The highest BCUT2D eigenvalue weighted by Crippen LogP contribution is 2.42. The molecule has 144 heavy (non-hydrogen) atoms. The fourth-order valence-electron chi connectivity index (χ4n) is 20.4. The summed E-state index contributed by atoms with van der Waals surface area (Å²) in [7, 11) is 0. The molecular formula is C116H116N12O16. The lowest BCUT2D eigenvalue weighted by Gasteiger charge is -2.33. The van der Waals surface area contributed by atoms with Gasteiger partial charge in [0.1, 0.15) is 84.8 Å². The Morgan fingerprint density at radius 3 is 0.875 bits per heavy atom. The zero-order valence-corrected chi connectivity index (χ0v) is 81.0. The molecule has 4 atom stereocenters. The number of para-hydroxylation sites is 1. The second kappa shape index (κ2) is 44.0. The molecular weight excluding hydrogens is 1820 g/mol. The number of nitrogens with zero attached hydrogens (tertiary/aromatic N) is 12. The highest BCUT2D eigenvalue weighted by atomic mass is 16.5. The number of ether oxygens (including phenoxy) is 4. The molecule has 28 nitrogen and oxygen atoms in total. The summed E-state index contributed by atoms with van der Waals surface area (Å²) in [6.07, 6.45) is 6.43. The van der Waals surface area contributed by atoms with Crippen molar-refractivity contribution in [3.8, 4) is 69.5 Å². The summed E-state index contributed by atoms with van der Waals surface area (Å²) in [5.41, 5.74) is 8.29. The zero-order chi connectivity index (χ0) is 97.9. The molecule has 4 N–H and O–H groups in total. The Balaban J connectivity index is 0.000000113. The molecule has 4 saturated heterocycles. The highest BCUT2D eigenvalue weighted by molar-refractivity contribution is 5.92. The van der Waals surface area contributed by atoms with Gasteiger partial charge in [0.15, 0.2) is 34.4 Å². The maximum absolute atomic E-state index is 10.7. The predicted octanol–water partition coefficient (Wildman–Crippen LogP) is 22.3. The van der Waals surface area contributed by atoms with Crippen LogP contribution in [0.15, 0.2) is 302 Å². The maximum atomic E-state index is 10.7. The zero-order valence-electron chi connectivity index (χ0n) is 81.0. The molecule has 0 spiro atoms. The molecule has 0 bridgehead atoms. The molecule has 4 aliphatic rings. The van der Waals surface area contributed by atoms with E-state index < -0.39 is 24.4 Å². The molecule has 12 aromatic carbocycles. The minimum atomic E-state index is -0.591. The summed E-state index contributed by atoms with van der Waals surface area (Å²) < 4.78 is 68.6. The Morgan fingerprint density at radius 2 is 0.562 bits per heavy atom. The topological polar surface area (TPSA) is 339 Å². The predicted molar refractivity (Wildman–Crippen MR) is 552 cm³/mol. The van der Waals surface area contributed by atoms with Crippen LogP contribution in [0.2, 0.25) is 0 Å². The third-order valence-corrected chi connectivity index (χ3v) is 28.0. The second-order valence-electron chi connectivity index (χ2n) is 38.2. The molecule has 20 aromatic rings. The first-order valence-electron chi connectivity index (χ1n) is 49.9. The van der Waals surface area contributed by atoms with Crippen LogP contribution >= 0.6 is 0 Å². The van der Waals surface area contributed by atoms with Crippen molar-refractivity contribution in [1.82, 2.24) is 60.3 Å². The number of rotatable bonds is 28. The van der Waals surface area contributed by atoms with Crippen LogP contribution in [0.5, 0.6) is 23.0 Å². The van der Waals surface area contributed by atoms with Crippen molar-refractivity contribution in [3.63, 3.8) is 0 Å². The molecule has 0 radical (unpaired) electrons. The van der Waals surface area contributed by atoms with Crippen LogP contribution in [-0.2, 0) is 0 Å². The Kier molecular flexibility index (Phi) is 29.2. The van der Waals surface area contributed by atoms with Gasteiger partial charge in [-0.15, -0.1) is 20.4 Å². The summed E-state index contributed by atoms with van der Waals surface area (Å²) >= 11 is 0. The third-order valence-electron chi connectivity index (χ3n) is 28.0. The van der Waals surface area contributed by atoms with Gasteiger partial charge in [0.05, 0.1) is 16.2 Å². The summed E-state index contributed by atoms with van der Waals surface area (Å²) in [6.45, 7) is 17.9. The number of piperidine rings is 4. The second-order valence-corrected chi connectivity index (χ2v) is 38.2. The number of β-amino-alcohol motifs (C(OH)–C–C–N with tert-alkyl or cyclic N) is 4. The number of likely N-dealkylation sites (tertiary alicyclic amines) is 4. The molecule has 28 heteroatoms. The molecule has 0 amide bonds. The number of benzene rings is 12. The van der Waals surface area contributed by atoms with E-state index in [0.717, 1.165) is 125 Å². The maximum Gasteiger partial charge on any atom is 0.283 e. The molecule has 24 rings (SSSR count). The average molecular weight is 1930 g/mol. The van der Waals surface area contributed by atoms with E-state index in [1.54, 1.807) is 27.7 Å². The lowest BCUT2D eigenvalue weighted by molar-refractivity contribution is 0.0596. The van der Waals surface area contributed by atoms with Crippen molar-refractivity contribution in [2.75, 3.05) is 105 Å². The number of aliphatic hydroxyl groups excluding tert-OH is 4. The molecule has 4 fully saturated rings. The first-order valence-corrected chi connectivity index (χ1v) is 49.9. The lowest BCUT2D eigenvalue weighted by Crippen LogP contribution is -2.40. The number of hydrogen-bond acceptors (Lipinski definition) is 28. The molecule has 4 aliphatic heterocycles. The van der Waals surface area contributed by atoms with E-state index >= 15 is 0 Å². The minimum absolute atomic E-state index is 0.196. The Morgan fingerprint density at radius 1 is 0.278 bits per heavy atom. The van der Waals surface area contributed by atoms with Crippen molar-refractivity contribution in [2.24, 2.45) is 0 Å². The number of aromatic nitrogens is 8. The fourth-order valence-corrected chi connectivity index (χ4v) is 20.4. The van der Waals surface area contributed by atoms with Gasteiger partial charge >= 0.3 is 0 Å². The number of hydrogen-bond donors (Lipinski definition) is 4. The molecule has 0 saturated carbocycles. The van der Waals surface area contributed by atoms with Crippen LogP contribution < -0.4 is 18.9 Å². The van der Waals surface area contributed by atoms with Gasteiger partial charge in [-0.05, 0) is 247 Å². The molecule has 0 unspecified atom stereocenters. The number of fused-ring (bicyclic) bond motifs is 8. The van der Waals surface area contributed by atoms with Gasteiger partial charge in [-0.2, -0.15) is 9.97 Å². The lowest BCUT2D eigenvalue weighted by atomic mass is 9.88. The third kappa shape index (κ3) is 23.0. The SMILES string of the molecule is Cc1nc(-c2cc3c(OC[C@@H](O)CN4CCC(c5ccc6ccccc6c5)CC4)cccc3o2)no1.Cc1nc(-c2cc3cccc(OC[C@@H](O)CN4CCC(c5ccc6ccccc6c5)CC4)c3o2)no1.Cc1nnc(-c2cc3c(OC[C@@H](O)CN4CCC(c5ccc6ccccc6c5)CC4)cccc3o2)o1.Cc1nnc(-c2cc3c(OC[C@@H](O)CN4CCC(c5ccc6ccccc6c5)CC4)cccc3o2)o1. The van der Waals surface area contributed by atoms with Crippen molar-refractivity contribution < 1.29 is 74.9 Å². The van der Waals surface area contributed by atoms with Crippen LogP contribution in [0.4, 0.5) is 0 Å². The average Bonchev–Trinajstić information content (AvgIpc) is 1.64. The fraction of sp³-hybridized carbons (Fsp3) is 0.310. The van der Waals surface area contributed by atoms with Gasteiger partial charge in [-0.3, -0.25) is 0 Å². The van der Waals surface area contributed by atoms with Crippen LogP contribution in [0.1, 0.15) is 121 Å². The Hall–Kier alpha value is -14.7. The van der Waals surface area contributed by atoms with Crippen LogP contribution in [-0.4, -0.2) is 210 Å². The first kappa shape index (κ1) is 95.5. The van der Waals surface area contributed by atoms with Crippen molar-refractivity contribution in [1.29, 1.82) is 0 Å². The van der Waals surface area contributed by atoms with Crippen molar-refractivity contribution in [2.45, 2.75) is 127 Å². The number of aryl methyl sites for hydroxylation is 4. The van der Waals surface area contributed by atoms with Crippen LogP contribution in [0, 0.1) is 27.7 Å². The van der Waals surface area contributed by atoms with Gasteiger partial charge in [-0.25, -0.2) is 0 Å². The number of furan rings is 4. The number of aliphatic hydroxyl groups is 4. The summed E-state index contributed by atoms with van der Waals surface area (Å²) in [5, 5.41) is 80.1. The minimum Gasteiger partial charge on any atom is -0.490 e. The van der Waals surface area contributed by atoms with Gasteiger partial charge in [0, 0.05) is 71.4 Å². The molecule has 736 valence electrons. The standard InChI is InChI=1S/4C29H29N3O4/c2*1-19-30-31-29(35-19)28-16-25-26(7-4-8-27(25)36-28)34-18-24(33)17-32-13-11-21(12-14-32)23-10-9-20-5-2-3-6-22(20)15-23;1-19-30-29(31-36-19)28-16-25-26(7-4-8-27(25)35-28)34-18-24(33)17-32-13-11-21(12-14-32)23-10-9-20-5-2-3-6-22(20)15-23;1-19-30-29(31-36-19)27-16-24-7-4-8-26(28(24)35-27)34-18-25(33)17-32-13-11-21(12-14-32)23-10-9-20-5-2-3-6-22(20)15-23/h3*2-10,15-16,21,24,33H,11-14,17-18H2,1H3;2-10,15-16,21,25,33H,11-14,17-18H2,1H3/t3*24-;25-/m0000/s1. The Bertz CT molecular complexity index is 6830. The van der Waals surface area contributed by atoms with Crippen molar-refractivity contribution >= 4 is 87.0 Å². The summed E-state index contributed by atoms with van der Waals surface area (Å²) in [4.78, 5) is 17.8. The summed E-state index contributed by atoms with van der Waals surface area (Å²) in [6, 6.07) is 91.3. The van der Waals surface area contributed by atoms with E-state index in [1.165, 1.54) is 65.3 Å². The summed E-state index contributed by atoms with van der Waals surface area (Å²) in [5.74, 6) is 10.3. The van der Waals surface area contributed by atoms with Crippen LogP contribution in [0.3, 0.4) is 0 Å². The molecule has 8 aromatic heterocycles. The first-order chi connectivity index (χ1) is 70.5. The van der Waals surface area contributed by atoms with E-state index in [4.69, 9.17) is 54.5 Å². The molecule has 12 heterocycles. The highest BCUT2D eigenvalue weighted by Gasteiger charge is 2.31. The normalized spacial score (nSPS) is 16.1. The Labute approximate surface area is 831 Å². The largest absolute Gasteiger partial charge is 0.490 e. The smallest absolute Gasteiger partial charge is 0.283 e. The van der Waals surface area contributed by atoms with Gasteiger partial charge in [-0.1, -0.05) is 211 Å². The molecule has 0 aliphatic carbocycles. The van der Waals surface area contributed by atoms with E-state index in [0.29, 0.717) is 165 Å². The van der Waals surface area contributed by atoms with Gasteiger partial charge in [0.25, 0.3) is 11.8 Å². The quantitative estimate of drug-likeness (QED) is 0.0354. The van der Waals surface area contributed by atoms with E-state index in [9.17, 15) is 20.4 Å². The van der Waals surface area contributed by atoms with E-state index in [2.05, 4.69) is 230 Å². The van der Waals surface area contributed by atoms with E-state index in [-0.39, 0.29) is 26.4 Å². The van der Waals surface area contributed by atoms with E-state index in [1.807, 2.05) is 97.1 Å². The van der Waals surface area contributed by atoms with Gasteiger partial charge in [0.2, 0.25) is 35.2 Å².